The minimum atomic E-state index is -0.496. The molecule has 0 unspecified atom stereocenters. The van der Waals surface area contributed by atoms with Crippen molar-refractivity contribution in [3.05, 3.63) is 34.9 Å². The molecule has 1 amide bonds. The van der Waals surface area contributed by atoms with Crippen molar-refractivity contribution in [1.82, 2.24) is 10.2 Å². The van der Waals surface area contributed by atoms with Crippen LogP contribution in [0, 0.1) is 0 Å². The first-order valence-electron chi connectivity index (χ1n) is 7.80. The summed E-state index contributed by atoms with van der Waals surface area (Å²) >= 11 is 6.02. The Kier molecular flexibility index (Phi) is 6.02. The number of ether oxygens (including phenoxy) is 1. The molecule has 0 saturated carbocycles. The number of carbonyl (C=O) groups excluding carboxylic acids is 2. The maximum atomic E-state index is 12.8. The number of amides is 1. The second-order valence-corrected chi connectivity index (χ2v) is 6.48. The molecule has 0 bridgehead atoms. The van der Waals surface area contributed by atoms with Crippen LogP contribution in [0.4, 0.5) is 0 Å². The number of methoxy groups -OCH3 is 1. The van der Waals surface area contributed by atoms with Crippen LogP contribution < -0.4 is 5.32 Å². The van der Waals surface area contributed by atoms with Gasteiger partial charge in [0.15, 0.2) is 0 Å². The third-order valence-corrected chi connectivity index (χ3v) is 4.43. The van der Waals surface area contributed by atoms with Crippen LogP contribution in [-0.4, -0.2) is 42.5 Å². The fourth-order valence-electron chi connectivity index (χ4n) is 2.66. The van der Waals surface area contributed by atoms with E-state index < -0.39 is 5.54 Å². The molecule has 1 aromatic rings. The third-order valence-electron chi connectivity index (χ3n) is 4.20. The Bertz CT molecular complexity index is 573. The van der Waals surface area contributed by atoms with Crippen molar-refractivity contribution in [1.29, 1.82) is 0 Å². The van der Waals surface area contributed by atoms with Gasteiger partial charge < -0.3 is 15.0 Å². The molecule has 126 valence electrons. The Labute approximate surface area is 141 Å². The van der Waals surface area contributed by atoms with Gasteiger partial charge in [-0.3, -0.25) is 9.59 Å². The number of halogens is 1. The molecule has 0 radical (unpaired) electrons. The highest BCUT2D eigenvalue weighted by Crippen LogP contribution is 2.23. The van der Waals surface area contributed by atoms with E-state index in [-0.39, 0.29) is 11.9 Å². The van der Waals surface area contributed by atoms with Gasteiger partial charge in [0.25, 0.3) is 0 Å². The van der Waals surface area contributed by atoms with E-state index in [1.54, 1.807) is 4.90 Å². The molecule has 1 aliphatic heterocycles. The average Bonchev–Trinajstić information content (AvgIpc) is 2.50. The maximum absolute atomic E-state index is 12.8. The molecule has 1 heterocycles. The average molecular weight is 339 g/mol. The second kappa shape index (κ2) is 7.79. The zero-order chi connectivity index (χ0) is 16.9. The molecule has 6 heteroatoms. The van der Waals surface area contributed by atoms with E-state index in [2.05, 4.69) is 10.1 Å². The molecule has 1 N–H and O–H groups in total. The van der Waals surface area contributed by atoms with Gasteiger partial charge in [0.2, 0.25) is 5.91 Å². The highest BCUT2D eigenvalue weighted by molar-refractivity contribution is 6.30. The molecule has 1 saturated heterocycles. The zero-order valence-electron chi connectivity index (χ0n) is 13.6. The fourth-order valence-corrected chi connectivity index (χ4v) is 2.87. The number of esters is 1. The van der Waals surface area contributed by atoms with E-state index in [1.165, 1.54) is 7.11 Å². The summed E-state index contributed by atoms with van der Waals surface area (Å²) in [5.41, 5.74) is 0.482. The molecule has 5 nitrogen and oxygen atoms in total. The summed E-state index contributed by atoms with van der Waals surface area (Å²) < 4.78 is 4.65. The van der Waals surface area contributed by atoms with Crippen molar-refractivity contribution in [3.8, 4) is 0 Å². The smallest absolute Gasteiger partial charge is 0.305 e. The summed E-state index contributed by atoms with van der Waals surface area (Å²) in [5, 5.41) is 3.85. The van der Waals surface area contributed by atoms with E-state index in [9.17, 15) is 9.59 Å². The molecule has 1 aromatic carbocycles. The van der Waals surface area contributed by atoms with Gasteiger partial charge in [-0.05, 0) is 44.0 Å². The van der Waals surface area contributed by atoms with Gasteiger partial charge in [0.1, 0.15) is 0 Å². The third kappa shape index (κ3) is 4.69. The summed E-state index contributed by atoms with van der Waals surface area (Å²) in [4.78, 5) is 25.9. The van der Waals surface area contributed by atoms with Gasteiger partial charge in [-0.15, -0.1) is 0 Å². The lowest BCUT2D eigenvalue weighted by Gasteiger charge is -2.42. The van der Waals surface area contributed by atoms with Gasteiger partial charge in [0.05, 0.1) is 12.6 Å². The predicted octanol–water partition coefficient (Wildman–Crippen LogP) is 2.37. The van der Waals surface area contributed by atoms with Gasteiger partial charge in [-0.25, -0.2) is 0 Å². The lowest BCUT2D eigenvalue weighted by Crippen LogP contribution is -2.64. The van der Waals surface area contributed by atoms with Gasteiger partial charge in [0, 0.05) is 24.5 Å². The number of hydrogen-bond acceptors (Lipinski definition) is 4. The van der Waals surface area contributed by atoms with E-state index in [0.29, 0.717) is 31.0 Å². The van der Waals surface area contributed by atoms with Crippen LogP contribution in [0.3, 0.4) is 0 Å². The number of rotatable bonds is 7. The second-order valence-electron chi connectivity index (χ2n) is 6.05. The van der Waals surface area contributed by atoms with Crippen LogP contribution >= 0.6 is 11.6 Å². The molecule has 2 rings (SSSR count). The number of benzene rings is 1. The maximum Gasteiger partial charge on any atom is 0.305 e. The lowest BCUT2D eigenvalue weighted by atomic mass is 9.88. The van der Waals surface area contributed by atoms with Crippen LogP contribution in [0.15, 0.2) is 24.3 Å². The Morgan fingerprint density at radius 1 is 1.43 bits per heavy atom. The monoisotopic (exact) mass is 338 g/mol. The highest BCUT2D eigenvalue weighted by Gasteiger charge is 2.41. The van der Waals surface area contributed by atoms with Gasteiger partial charge >= 0.3 is 5.97 Å². The summed E-state index contributed by atoms with van der Waals surface area (Å²) in [6.45, 7) is 3.77. The largest absolute Gasteiger partial charge is 0.469 e. The molecule has 1 aliphatic rings. The van der Waals surface area contributed by atoms with E-state index in [4.69, 9.17) is 11.6 Å². The van der Waals surface area contributed by atoms with E-state index in [0.717, 1.165) is 18.5 Å². The van der Waals surface area contributed by atoms with Crippen LogP contribution in [0.25, 0.3) is 0 Å². The molecule has 1 fully saturated rings. The summed E-state index contributed by atoms with van der Waals surface area (Å²) in [6.07, 6.45) is 1.71. The van der Waals surface area contributed by atoms with Crippen molar-refractivity contribution >= 4 is 23.5 Å². The quantitative estimate of drug-likeness (QED) is 0.775. The SMILES string of the molecule is COC(=O)CCCN(Cc1cccc(Cl)c1)C(=O)[C@@]1(C)CCN1. The minimum absolute atomic E-state index is 0.0635. The van der Waals surface area contributed by atoms with Crippen molar-refractivity contribution in [2.24, 2.45) is 0 Å². The van der Waals surface area contributed by atoms with Crippen molar-refractivity contribution in [2.45, 2.75) is 38.3 Å². The number of nitrogens with one attached hydrogen (secondary N) is 1. The number of carbonyl (C=O) groups is 2. The molecular formula is C17H23ClN2O3. The Morgan fingerprint density at radius 3 is 2.74 bits per heavy atom. The van der Waals surface area contributed by atoms with Gasteiger partial charge in [-0.2, -0.15) is 0 Å². The first-order chi connectivity index (χ1) is 10.9. The van der Waals surface area contributed by atoms with Crippen LogP contribution in [0.2, 0.25) is 5.02 Å². The topological polar surface area (TPSA) is 58.6 Å². The molecule has 0 aromatic heterocycles. The van der Waals surface area contributed by atoms with Gasteiger partial charge in [-0.1, -0.05) is 23.7 Å². The summed E-state index contributed by atoms with van der Waals surface area (Å²) in [5.74, 6) is -0.193. The van der Waals surface area contributed by atoms with E-state index in [1.807, 2.05) is 31.2 Å². The Hall–Kier alpha value is -1.59. The molecule has 23 heavy (non-hydrogen) atoms. The summed E-state index contributed by atoms with van der Waals surface area (Å²) in [7, 11) is 1.37. The van der Waals surface area contributed by atoms with Crippen LogP contribution in [0.5, 0.6) is 0 Å². The minimum Gasteiger partial charge on any atom is -0.469 e. The predicted molar refractivity (Wildman–Crippen MR) is 89.1 cm³/mol. The standard InChI is InChI=1S/C17H23ClN2O3/c1-17(8-9-19-17)16(22)20(10-4-7-15(21)23-2)12-13-5-3-6-14(18)11-13/h3,5-6,11,19H,4,7-10,12H2,1-2H3/t17-/m1/s1. The molecule has 0 spiro atoms. The number of hydrogen-bond donors (Lipinski definition) is 1. The lowest BCUT2D eigenvalue weighted by molar-refractivity contribution is -0.143. The molecule has 1 atom stereocenters. The highest BCUT2D eigenvalue weighted by atomic mass is 35.5. The van der Waals surface area contributed by atoms with Crippen molar-refractivity contribution < 1.29 is 14.3 Å². The Balaban J connectivity index is 2.04. The van der Waals surface area contributed by atoms with Crippen molar-refractivity contribution in [3.63, 3.8) is 0 Å². The zero-order valence-corrected chi connectivity index (χ0v) is 14.4. The fraction of sp³-hybridized carbons (Fsp3) is 0.529. The van der Waals surface area contributed by atoms with Crippen molar-refractivity contribution in [2.75, 3.05) is 20.2 Å². The Morgan fingerprint density at radius 2 is 2.17 bits per heavy atom. The van der Waals surface area contributed by atoms with E-state index >= 15 is 0 Å². The van der Waals surface area contributed by atoms with Crippen LogP contribution in [0.1, 0.15) is 31.7 Å². The molecular weight excluding hydrogens is 316 g/mol. The number of nitrogens with zero attached hydrogens (tertiary/aromatic N) is 1. The normalized spacial score (nSPS) is 19.8. The first kappa shape index (κ1) is 17.8. The molecule has 0 aliphatic carbocycles. The van der Waals surface area contributed by atoms with Crippen LogP contribution in [-0.2, 0) is 20.9 Å². The first-order valence-corrected chi connectivity index (χ1v) is 8.18. The summed E-state index contributed by atoms with van der Waals surface area (Å²) in [6, 6.07) is 7.49.